The molecule has 1 aromatic carbocycles. The Morgan fingerprint density at radius 2 is 1.71 bits per heavy atom. The molecule has 1 aliphatic heterocycles. The first kappa shape index (κ1) is 26.2. The lowest BCUT2D eigenvalue weighted by molar-refractivity contribution is -0.143. The van der Waals surface area contributed by atoms with Gasteiger partial charge in [0, 0.05) is 25.6 Å². The number of nitrogens with zero attached hydrogens (tertiary/aromatic N) is 2. The van der Waals surface area contributed by atoms with Gasteiger partial charge in [0.1, 0.15) is 6.04 Å². The summed E-state index contributed by atoms with van der Waals surface area (Å²) in [5.74, 6) is -1.70. The molecule has 1 aliphatic carbocycles. The van der Waals surface area contributed by atoms with Crippen LogP contribution in [0.25, 0.3) is 0 Å². The Hall–Kier alpha value is -2.38. The molecule has 184 valence electrons. The molecular weight excluding hydrogens is 477 g/mol. The number of carbonyl (C=O) groups excluding carboxylic acids is 4. The van der Waals surface area contributed by atoms with Gasteiger partial charge in [0.2, 0.25) is 23.6 Å². The third kappa shape index (κ3) is 5.81. The van der Waals surface area contributed by atoms with Crippen LogP contribution >= 0.6 is 23.2 Å². The van der Waals surface area contributed by atoms with Crippen LogP contribution in [0, 0.1) is 11.8 Å². The number of rotatable bonds is 9. The van der Waals surface area contributed by atoms with Crippen LogP contribution in [-0.2, 0) is 25.7 Å². The highest BCUT2D eigenvalue weighted by atomic mass is 35.5. The van der Waals surface area contributed by atoms with E-state index in [4.69, 9.17) is 23.2 Å². The van der Waals surface area contributed by atoms with Gasteiger partial charge >= 0.3 is 0 Å². The number of amides is 4. The van der Waals surface area contributed by atoms with Crippen LogP contribution in [0.2, 0.25) is 10.0 Å². The van der Waals surface area contributed by atoms with E-state index in [1.165, 1.54) is 9.80 Å². The highest BCUT2D eigenvalue weighted by Gasteiger charge is 2.47. The van der Waals surface area contributed by atoms with Gasteiger partial charge < -0.3 is 10.2 Å². The summed E-state index contributed by atoms with van der Waals surface area (Å²) in [6, 6.07) is 4.26. The summed E-state index contributed by atoms with van der Waals surface area (Å²) in [5.41, 5.74) is 0.719. The van der Waals surface area contributed by atoms with Crippen molar-refractivity contribution in [1.82, 2.24) is 15.1 Å². The van der Waals surface area contributed by atoms with Crippen molar-refractivity contribution in [3.63, 3.8) is 0 Å². The number of benzene rings is 1. The zero-order chi connectivity index (χ0) is 25.0. The summed E-state index contributed by atoms with van der Waals surface area (Å²) in [4.78, 5) is 54.3. The van der Waals surface area contributed by atoms with Gasteiger partial charge in [-0.05, 0) is 50.8 Å². The van der Waals surface area contributed by atoms with Crippen LogP contribution in [0.5, 0.6) is 0 Å². The minimum Gasteiger partial charge on any atom is -0.352 e. The summed E-state index contributed by atoms with van der Waals surface area (Å²) in [7, 11) is 0. The second-order valence-corrected chi connectivity index (χ2v) is 9.81. The molecule has 34 heavy (non-hydrogen) atoms. The monoisotopic (exact) mass is 507 g/mol. The molecule has 4 amide bonds. The third-order valence-corrected chi connectivity index (χ3v) is 7.39. The van der Waals surface area contributed by atoms with E-state index in [1.54, 1.807) is 25.1 Å². The Kier molecular flexibility index (Phi) is 8.77. The van der Waals surface area contributed by atoms with E-state index < -0.39 is 6.04 Å². The van der Waals surface area contributed by atoms with Gasteiger partial charge in [-0.15, -0.1) is 0 Å². The fourth-order valence-corrected chi connectivity index (χ4v) is 4.64. The Morgan fingerprint density at radius 1 is 1.09 bits per heavy atom. The van der Waals surface area contributed by atoms with E-state index in [9.17, 15) is 19.2 Å². The first-order valence-electron chi connectivity index (χ1n) is 11.7. The molecule has 4 atom stereocenters. The zero-order valence-corrected chi connectivity index (χ0v) is 21.2. The Morgan fingerprint density at radius 3 is 2.26 bits per heavy atom. The number of hydrogen-bond acceptors (Lipinski definition) is 4. The summed E-state index contributed by atoms with van der Waals surface area (Å²) in [6.45, 7) is 5.67. The minimum atomic E-state index is -0.757. The van der Waals surface area contributed by atoms with E-state index in [2.05, 4.69) is 5.32 Å². The van der Waals surface area contributed by atoms with Crippen LogP contribution in [0.15, 0.2) is 30.4 Å². The van der Waals surface area contributed by atoms with Crippen molar-refractivity contribution in [2.45, 2.75) is 65.1 Å². The molecule has 0 saturated carbocycles. The number of imide groups is 1. The molecule has 0 aromatic heterocycles. The number of allylic oxidation sites excluding steroid dienone is 2. The Bertz CT molecular complexity index is 970. The second-order valence-electron chi connectivity index (χ2n) is 9.00. The second kappa shape index (κ2) is 11.4. The molecule has 0 radical (unpaired) electrons. The lowest BCUT2D eigenvalue weighted by Gasteiger charge is -2.30. The van der Waals surface area contributed by atoms with Gasteiger partial charge in [-0.3, -0.25) is 24.1 Å². The first-order valence-corrected chi connectivity index (χ1v) is 12.4. The van der Waals surface area contributed by atoms with E-state index >= 15 is 0 Å². The summed E-state index contributed by atoms with van der Waals surface area (Å²) >= 11 is 12.2. The van der Waals surface area contributed by atoms with Gasteiger partial charge in [-0.25, -0.2) is 0 Å². The van der Waals surface area contributed by atoms with Crippen molar-refractivity contribution in [3.8, 4) is 0 Å². The standard InChI is InChI=1S/C25H31Cl2N3O4/c1-4-15(2)28-23(32)16(3)30(14-17-9-10-20(26)21(27)13-17)22(31)11-12-29-24(33)18-7-5-6-8-19(18)25(29)34/h5-6,9-10,13,15-16,18-19H,4,7-8,11-12,14H2,1-3H3,(H,28,32)/t15-,16+,18-,19+/m0/s1. The van der Waals surface area contributed by atoms with E-state index in [0.717, 1.165) is 12.0 Å². The topological polar surface area (TPSA) is 86.8 Å². The van der Waals surface area contributed by atoms with Crippen molar-refractivity contribution in [3.05, 3.63) is 46.0 Å². The lowest BCUT2D eigenvalue weighted by atomic mass is 9.85. The molecule has 2 aliphatic rings. The molecular formula is C25H31Cl2N3O4. The molecule has 1 saturated heterocycles. The number of carbonyl (C=O) groups is 4. The molecule has 1 N–H and O–H groups in total. The van der Waals surface area contributed by atoms with Gasteiger partial charge in [-0.1, -0.05) is 48.3 Å². The van der Waals surface area contributed by atoms with Crippen LogP contribution in [0.3, 0.4) is 0 Å². The summed E-state index contributed by atoms with van der Waals surface area (Å²) in [5, 5.41) is 3.66. The van der Waals surface area contributed by atoms with Gasteiger partial charge in [0.15, 0.2) is 0 Å². The molecule has 9 heteroatoms. The van der Waals surface area contributed by atoms with E-state index in [0.29, 0.717) is 22.9 Å². The minimum absolute atomic E-state index is 0.00107. The predicted octanol–water partition coefficient (Wildman–Crippen LogP) is 3.97. The van der Waals surface area contributed by atoms with E-state index in [-0.39, 0.29) is 61.0 Å². The van der Waals surface area contributed by atoms with Gasteiger partial charge in [0.05, 0.1) is 21.9 Å². The number of fused-ring (bicyclic) bond motifs is 1. The largest absolute Gasteiger partial charge is 0.352 e. The highest BCUT2D eigenvalue weighted by Crippen LogP contribution is 2.35. The van der Waals surface area contributed by atoms with Gasteiger partial charge in [-0.2, -0.15) is 0 Å². The highest BCUT2D eigenvalue weighted by molar-refractivity contribution is 6.42. The maximum atomic E-state index is 13.3. The quantitative estimate of drug-likeness (QED) is 0.404. The number of hydrogen-bond donors (Lipinski definition) is 1. The summed E-state index contributed by atoms with van der Waals surface area (Å²) < 4.78 is 0. The van der Waals surface area contributed by atoms with Gasteiger partial charge in [0.25, 0.3) is 0 Å². The molecule has 7 nitrogen and oxygen atoms in total. The van der Waals surface area contributed by atoms with E-state index in [1.807, 2.05) is 26.0 Å². The van der Waals surface area contributed by atoms with Crippen molar-refractivity contribution < 1.29 is 19.2 Å². The molecule has 0 unspecified atom stereocenters. The van der Waals surface area contributed by atoms with Crippen molar-refractivity contribution in [2.75, 3.05) is 6.54 Å². The number of likely N-dealkylation sites (tertiary alicyclic amines) is 1. The number of nitrogens with one attached hydrogen (secondary N) is 1. The zero-order valence-electron chi connectivity index (χ0n) is 19.7. The molecule has 1 fully saturated rings. The van der Waals surface area contributed by atoms with Crippen LogP contribution in [-0.4, -0.2) is 52.1 Å². The number of halogens is 2. The van der Waals surface area contributed by atoms with Crippen LogP contribution < -0.4 is 5.32 Å². The normalized spacial score (nSPS) is 21.3. The Balaban J connectivity index is 1.74. The predicted molar refractivity (Wildman–Crippen MR) is 131 cm³/mol. The molecule has 1 aromatic rings. The smallest absolute Gasteiger partial charge is 0.242 e. The Labute approximate surface area is 210 Å². The fourth-order valence-electron chi connectivity index (χ4n) is 4.32. The van der Waals surface area contributed by atoms with Crippen molar-refractivity contribution in [2.24, 2.45) is 11.8 Å². The van der Waals surface area contributed by atoms with Crippen molar-refractivity contribution >= 4 is 46.8 Å². The average molecular weight is 508 g/mol. The molecule has 0 spiro atoms. The lowest BCUT2D eigenvalue weighted by Crippen LogP contribution is -2.50. The fraction of sp³-hybridized carbons (Fsp3) is 0.520. The molecule has 1 heterocycles. The average Bonchev–Trinajstić information content (AvgIpc) is 3.07. The maximum Gasteiger partial charge on any atom is 0.242 e. The summed E-state index contributed by atoms with van der Waals surface area (Å²) in [6.07, 6.45) is 5.66. The molecule has 0 bridgehead atoms. The maximum absolute atomic E-state index is 13.3. The first-order chi connectivity index (χ1) is 16.1. The van der Waals surface area contributed by atoms with Crippen LogP contribution in [0.1, 0.15) is 52.0 Å². The third-order valence-electron chi connectivity index (χ3n) is 6.65. The molecule has 3 rings (SSSR count). The van der Waals surface area contributed by atoms with Crippen molar-refractivity contribution in [1.29, 1.82) is 0 Å². The van der Waals surface area contributed by atoms with Crippen LogP contribution in [0.4, 0.5) is 0 Å². The SMILES string of the molecule is CC[C@H](C)NC(=O)[C@@H](C)N(Cc1ccc(Cl)c(Cl)c1)C(=O)CCN1C(=O)[C@H]2CC=CC[C@H]2C1=O.